The second-order valence-electron chi connectivity index (χ2n) is 3.74. The van der Waals surface area contributed by atoms with E-state index in [-0.39, 0.29) is 24.4 Å². The third kappa shape index (κ3) is 2.34. The van der Waals surface area contributed by atoms with Gasteiger partial charge in [-0.1, -0.05) is 24.3 Å². The highest BCUT2D eigenvalue weighted by atomic mass is 19.3. The van der Waals surface area contributed by atoms with Crippen molar-refractivity contribution in [3.8, 4) is 0 Å². The molecule has 2 rings (SSSR count). The number of ether oxygens (including phenoxy) is 2. The molecule has 0 saturated carbocycles. The molecule has 1 aromatic carbocycles. The lowest BCUT2D eigenvalue weighted by atomic mass is 10.1. The van der Waals surface area contributed by atoms with Gasteiger partial charge < -0.3 is 9.47 Å². The van der Waals surface area contributed by atoms with E-state index in [4.69, 9.17) is 4.74 Å². The van der Waals surface area contributed by atoms with Gasteiger partial charge in [0, 0.05) is 12.0 Å². The highest BCUT2D eigenvalue weighted by Crippen LogP contribution is 2.35. The second kappa shape index (κ2) is 5.16. The van der Waals surface area contributed by atoms with Crippen LogP contribution in [0.4, 0.5) is 8.78 Å². The Morgan fingerprint density at radius 3 is 2.78 bits per heavy atom. The van der Waals surface area contributed by atoms with Gasteiger partial charge in [-0.15, -0.1) is 0 Å². The van der Waals surface area contributed by atoms with Gasteiger partial charge >= 0.3 is 12.6 Å². The fraction of sp³-hybridized carbons (Fsp3) is 0.308. The van der Waals surface area contributed by atoms with Crippen LogP contribution < -0.4 is 0 Å². The third-order valence-corrected chi connectivity index (χ3v) is 2.63. The van der Waals surface area contributed by atoms with Crippen LogP contribution in [0.25, 0.3) is 5.76 Å². The first-order chi connectivity index (χ1) is 8.63. The van der Waals surface area contributed by atoms with Gasteiger partial charge in [0.05, 0.1) is 12.2 Å². The lowest BCUT2D eigenvalue weighted by Crippen LogP contribution is -2.10. The number of carbonyl (C=O) groups is 1. The van der Waals surface area contributed by atoms with Crippen LogP contribution in [0.2, 0.25) is 0 Å². The summed E-state index contributed by atoms with van der Waals surface area (Å²) in [7, 11) is 0. The Morgan fingerprint density at radius 2 is 2.11 bits per heavy atom. The Balaban J connectivity index is 2.38. The van der Waals surface area contributed by atoms with Crippen LogP contribution in [-0.4, -0.2) is 19.2 Å². The Morgan fingerprint density at radius 1 is 1.39 bits per heavy atom. The average Bonchev–Trinajstić information content (AvgIpc) is 2.68. The van der Waals surface area contributed by atoms with Crippen molar-refractivity contribution in [2.45, 2.75) is 20.0 Å². The molecule has 1 aromatic rings. The van der Waals surface area contributed by atoms with E-state index in [1.807, 2.05) is 0 Å². The molecule has 96 valence electrons. The molecule has 18 heavy (non-hydrogen) atoms. The number of benzene rings is 1. The standard InChI is InChI=1S/C13H12F2O3/c1-2-17-12(16)10-7-8-5-3-4-6-9(8)11(10)18-13(14)15/h3-6,13H,2,7H2,1H3. The number of alkyl halides is 2. The Bertz CT molecular complexity index is 495. The monoisotopic (exact) mass is 254 g/mol. The van der Waals surface area contributed by atoms with E-state index in [9.17, 15) is 13.6 Å². The second-order valence-corrected chi connectivity index (χ2v) is 3.74. The van der Waals surface area contributed by atoms with Crippen molar-refractivity contribution < 1.29 is 23.0 Å². The summed E-state index contributed by atoms with van der Waals surface area (Å²) in [5, 5.41) is 0. The number of halogens is 2. The molecule has 0 aliphatic heterocycles. The number of fused-ring (bicyclic) bond motifs is 1. The Kier molecular flexibility index (Phi) is 3.60. The predicted molar refractivity (Wildman–Crippen MR) is 60.8 cm³/mol. The van der Waals surface area contributed by atoms with Crippen LogP contribution in [0, 0.1) is 0 Å². The molecule has 5 heteroatoms. The van der Waals surface area contributed by atoms with Crippen LogP contribution in [0.1, 0.15) is 18.1 Å². The van der Waals surface area contributed by atoms with Gasteiger partial charge in [-0.2, -0.15) is 8.78 Å². The molecule has 0 aromatic heterocycles. The van der Waals surface area contributed by atoms with Gasteiger partial charge in [0.25, 0.3) is 0 Å². The maximum Gasteiger partial charge on any atom is 0.387 e. The Labute approximate surface area is 103 Å². The topological polar surface area (TPSA) is 35.5 Å². The predicted octanol–water partition coefficient (Wildman–Crippen LogP) is 2.76. The summed E-state index contributed by atoms with van der Waals surface area (Å²) < 4.78 is 34.1. The smallest absolute Gasteiger partial charge is 0.387 e. The molecule has 0 bridgehead atoms. The van der Waals surface area contributed by atoms with Crippen molar-refractivity contribution in [1.29, 1.82) is 0 Å². The maximum absolute atomic E-state index is 12.4. The summed E-state index contributed by atoms with van der Waals surface area (Å²) in [5.74, 6) is -0.677. The van der Waals surface area contributed by atoms with Gasteiger partial charge in [-0.3, -0.25) is 0 Å². The van der Waals surface area contributed by atoms with Crippen molar-refractivity contribution in [3.63, 3.8) is 0 Å². The fourth-order valence-corrected chi connectivity index (χ4v) is 1.94. The molecule has 0 N–H and O–H groups in total. The highest BCUT2D eigenvalue weighted by molar-refractivity contribution is 5.99. The van der Waals surface area contributed by atoms with E-state index in [0.717, 1.165) is 5.56 Å². The zero-order valence-electron chi connectivity index (χ0n) is 9.78. The molecule has 0 heterocycles. The molecule has 0 amide bonds. The summed E-state index contributed by atoms with van der Waals surface area (Å²) in [6.07, 6.45) is 0.261. The number of hydrogen-bond donors (Lipinski definition) is 0. The van der Waals surface area contributed by atoms with Crippen molar-refractivity contribution in [2.75, 3.05) is 6.61 Å². The van der Waals surface area contributed by atoms with Gasteiger partial charge in [-0.25, -0.2) is 4.79 Å². The molecule has 0 saturated heterocycles. The minimum atomic E-state index is -2.96. The largest absolute Gasteiger partial charge is 0.463 e. The van der Waals surface area contributed by atoms with Crippen LogP contribution >= 0.6 is 0 Å². The number of rotatable bonds is 4. The summed E-state index contributed by atoms with van der Waals surface area (Å²) in [5.41, 5.74) is 1.47. The van der Waals surface area contributed by atoms with E-state index in [0.29, 0.717) is 5.56 Å². The SMILES string of the molecule is CCOC(=O)C1=C(OC(F)F)c2ccccc2C1. The lowest BCUT2D eigenvalue weighted by Gasteiger charge is -2.09. The van der Waals surface area contributed by atoms with Crippen LogP contribution in [0.3, 0.4) is 0 Å². The third-order valence-electron chi connectivity index (χ3n) is 2.63. The first kappa shape index (κ1) is 12.5. The van der Waals surface area contributed by atoms with E-state index in [1.165, 1.54) is 0 Å². The molecule has 0 fully saturated rings. The highest BCUT2D eigenvalue weighted by Gasteiger charge is 2.30. The first-order valence-corrected chi connectivity index (χ1v) is 5.56. The first-order valence-electron chi connectivity index (χ1n) is 5.56. The van der Waals surface area contributed by atoms with E-state index in [1.54, 1.807) is 31.2 Å². The minimum Gasteiger partial charge on any atom is -0.463 e. The lowest BCUT2D eigenvalue weighted by molar-refractivity contribution is -0.138. The van der Waals surface area contributed by atoms with Gasteiger partial charge in [0.2, 0.25) is 0 Å². The van der Waals surface area contributed by atoms with Gasteiger partial charge in [0.1, 0.15) is 5.76 Å². The molecule has 0 unspecified atom stereocenters. The van der Waals surface area contributed by atoms with Gasteiger partial charge in [-0.05, 0) is 12.5 Å². The fourth-order valence-electron chi connectivity index (χ4n) is 1.94. The molecule has 1 aliphatic carbocycles. The van der Waals surface area contributed by atoms with Crippen LogP contribution in [-0.2, 0) is 20.7 Å². The molecule has 0 atom stereocenters. The molecule has 3 nitrogen and oxygen atoms in total. The Hall–Kier alpha value is -1.91. The molecular weight excluding hydrogens is 242 g/mol. The molecular formula is C13H12F2O3. The number of esters is 1. The summed E-state index contributed by atoms with van der Waals surface area (Å²) in [4.78, 5) is 11.7. The van der Waals surface area contributed by atoms with Crippen molar-refractivity contribution in [1.82, 2.24) is 0 Å². The summed E-state index contributed by atoms with van der Waals surface area (Å²) in [6.45, 7) is -1.11. The number of hydrogen-bond acceptors (Lipinski definition) is 3. The zero-order chi connectivity index (χ0) is 13.1. The quantitative estimate of drug-likeness (QED) is 0.775. The van der Waals surface area contributed by atoms with Crippen molar-refractivity contribution in [3.05, 3.63) is 41.0 Å². The van der Waals surface area contributed by atoms with Gasteiger partial charge in [0.15, 0.2) is 0 Å². The number of carbonyl (C=O) groups excluding carboxylic acids is 1. The molecule has 0 radical (unpaired) electrons. The van der Waals surface area contributed by atoms with E-state index < -0.39 is 12.6 Å². The minimum absolute atomic E-state index is 0.0703. The summed E-state index contributed by atoms with van der Waals surface area (Å²) >= 11 is 0. The van der Waals surface area contributed by atoms with Crippen molar-refractivity contribution in [2.24, 2.45) is 0 Å². The van der Waals surface area contributed by atoms with Crippen LogP contribution in [0.15, 0.2) is 29.8 Å². The maximum atomic E-state index is 12.4. The molecule has 1 aliphatic rings. The van der Waals surface area contributed by atoms with E-state index >= 15 is 0 Å². The van der Waals surface area contributed by atoms with Crippen LogP contribution in [0.5, 0.6) is 0 Å². The normalized spacial score (nSPS) is 13.8. The van der Waals surface area contributed by atoms with E-state index in [2.05, 4.69) is 4.74 Å². The average molecular weight is 254 g/mol. The zero-order valence-corrected chi connectivity index (χ0v) is 9.78. The molecule has 0 spiro atoms. The summed E-state index contributed by atoms with van der Waals surface area (Å²) in [6, 6.07) is 6.92. The van der Waals surface area contributed by atoms with Crippen molar-refractivity contribution >= 4 is 11.7 Å².